The van der Waals surface area contributed by atoms with Crippen molar-refractivity contribution in [2.24, 2.45) is 0 Å². The summed E-state index contributed by atoms with van der Waals surface area (Å²) in [7, 11) is 0. The minimum atomic E-state index is -0.863. The number of hydrogen-bond donors (Lipinski definition) is 2. The predicted molar refractivity (Wildman–Crippen MR) is 68.0 cm³/mol. The van der Waals surface area contributed by atoms with E-state index in [1.165, 1.54) is 0 Å². The van der Waals surface area contributed by atoms with E-state index in [1.807, 2.05) is 30.5 Å². The fourth-order valence-corrected chi connectivity index (χ4v) is 2.33. The lowest BCUT2D eigenvalue weighted by Gasteiger charge is -2.17. The van der Waals surface area contributed by atoms with E-state index in [-0.39, 0.29) is 0 Å². The molecule has 3 nitrogen and oxygen atoms in total. The first-order valence-electron chi connectivity index (χ1n) is 5.49. The summed E-state index contributed by atoms with van der Waals surface area (Å²) in [6, 6.07) is 9.18. The van der Waals surface area contributed by atoms with Gasteiger partial charge in [0.1, 0.15) is 6.10 Å². The summed E-state index contributed by atoms with van der Waals surface area (Å²) >= 11 is 1.55. The molecule has 0 saturated carbocycles. The molecular formula is C13H15NO2S. The Bertz CT molecular complexity index is 469. The van der Waals surface area contributed by atoms with Crippen molar-refractivity contribution in [2.45, 2.75) is 25.6 Å². The van der Waals surface area contributed by atoms with Crippen molar-refractivity contribution in [1.29, 1.82) is 0 Å². The van der Waals surface area contributed by atoms with E-state index in [2.05, 4.69) is 4.98 Å². The molecule has 2 rings (SSSR count). The van der Waals surface area contributed by atoms with Crippen molar-refractivity contribution in [3.05, 3.63) is 52.0 Å². The molecule has 0 amide bonds. The lowest BCUT2D eigenvalue weighted by molar-refractivity contribution is 0.0185. The summed E-state index contributed by atoms with van der Waals surface area (Å²) < 4.78 is 0. The van der Waals surface area contributed by atoms with Crippen LogP contribution in [0.3, 0.4) is 0 Å². The minimum absolute atomic E-state index is 0.375. The molecule has 2 atom stereocenters. The SMILES string of the molecule is Cc1nc(CC(O)C(O)c2ccccc2)cs1. The Balaban J connectivity index is 2.03. The van der Waals surface area contributed by atoms with Gasteiger partial charge >= 0.3 is 0 Å². The molecule has 90 valence electrons. The first-order chi connectivity index (χ1) is 8.16. The van der Waals surface area contributed by atoms with Crippen LogP contribution in [0.2, 0.25) is 0 Å². The highest BCUT2D eigenvalue weighted by molar-refractivity contribution is 7.09. The normalized spacial score (nSPS) is 14.5. The van der Waals surface area contributed by atoms with Crippen molar-refractivity contribution >= 4 is 11.3 Å². The van der Waals surface area contributed by atoms with Gasteiger partial charge in [0.25, 0.3) is 0 Å². The van der Waals surface area contributed by atoms with E-state index >= 15 is 0 Å². The zero-order valence-corrected chi connectivity index (χ0v) is 10.4. The number of aliphatic hydroxyl groups excluding tert-OH is 2. The van der Waals surface area contributed by atoms with Crippen LogP contribution in [-0.2, 0) is 6.42 Å². The van der Waals surface area contributed by atoms with Crippen LogP contribution in [0.25, 0.3) is 0 Å². The zero-order chi connectivity index (χ0) is 12.3. The van der Waals surface area contributed by atoms with E-state index in [0.717, 1.165) is 16.3 Å². The van der Waals surface area contributed by atoms with Crippen LogP contribution in [0, 0.1) is 6.92 Å². The third-order valence-electron chi connectivity index (χ3n) is 2.59. The van der Waals surface area contributed by atoms with Crippen LogP contribution in [0.4, 0.5) is 0 Å². The van der Waals surface area contributed by atoms with Crippen LogP contribution in [0.5, 0.6) is 0 Å². The van der Waals surface area contributed by atoms with Crippen LogP contribution in [0.15, 0.2) is 35.7 Å². The van der Waals surface area contributed by atoms with Crippen molar-refractivity contribution in [2.75, 3.05) is 0 Å². The van der Waals surface area contributed by atoms with Gasteiger partial charge in [0.15, 0.2) is 0 Å². The molecule has 0 spiro atoms. The summed E-state index contributed by atoms with van der Waals surface area (Å²) in [6.45, 7) is 1.92. The summed E-state index contributed by atoms with van der Waals surface area (Å²) in [5, 5.41) is 22.8. The maximum atomic E-state index is 9.98. The maximum absolute atomic E-state index is 9.98. The molecule has 0 bridgehead atoms. The lowest BCUT2D eigenvalue weighted by atomic mass is 10.0. The molecule has 4 heteroatoms. The third kappa shape index (κ3) is 3.12. The van der Waals surface area contributed by atoms with Crippen molar-refractivity contribution in [3.63, 3.8) is 0 Å². The highest BCUT2D eigenvalue weighted by Gasteiger charge is 2.19. The van der Waals surface area contributed by atoms with E-state index < -0.39 is 12.2 Å². The Morgan fingerprint density at radius 2 is 1.94 bits per heavy atom. The fourth-order valence-electron chi connectivity index (χ4n) is 1.70. The highest BCUT2D eigenvalue weighted by atomic mass is 32.1. The Kier molecular flexibility index (Phi) is 3.89. The van der Waals surface area contributed by atoms with Crippen LogP contribution < -0.4 is 0 Å². The van der Waals surface area contributed by atoms with Gasteiger partial charge in [-0.05, 0) is 12.5 Å². The number of hydrogen-bond acceptors (Lipinski definition) is 4. The van der Waals surface area contributed by atoms with Gasteiger partial charge in [0, 0.05) is 11.8 Å². The molecule has 0 radical (unpaired) electrons. The second-order valence-corrected chi connectivity index (χ2v) is 5.05. The number of aryl methyl sites for hydroxylation is 1. The Morgan fingerprint density at radius 3 is 2.53 bits per heavy atom. The topological polar surface area (TPSA) is 53.4 Å². The average Bonchev–Trinajstić information content (AvgIpc) is 2.75. The van der Waals surface area contributed by atoms with Crippen molar-refractivity contribution in [1.82, 2.24) is 4.98 Å². The van der Waals surface area contributed by atoms with Gasteiger partial charge in [0.2, 0.25) is 0 Å². The Labute approximate surface area is 104 Å². The fraction of sp³-hybridized carbons (Fsp3) is 0.308. The van der Waals surface area contributed by atoms with Crippen molar-refractivity contribution in [3.8, 4) is 0 Å². The summed E-state index contributed by atoms with van der Waals surface area (Å²) in [5.41, 5.74) is 1.56. The first-order valence-corrected chi connectivity index (χ1v) is 6.37. The zero-order valence-electron chi connectivity index (χ0n) is 9.58. The molecule has 0 aliphatic carbocycles. The molecule has 1 aromatic heterocycles. The monoisotopic (exact) mass is 249 g/mol. The maximum Gasteiger partial charge on any atom is 0.105 e. The molecule has 2 aromatic rings. The number of rotatable bonds is 4. The highest BCUT2D eigenvalue weighted by Crippen LogP contribution is 2.20. The molecule has 0 saturated heterocycles. The molecule has 1 heterocycles. The number of aliphatic hydroxyl groups is 2. The second-order valence-electron chi connectivity index (χ2n) is 3.98. The van der Waals surface area contributed by atoms with Crippen LogP contribution in [0.1, 0.15) is 22.4 Å². The minimum Gasteiger partial charge on any atom is -0.390 e. The standard InChI is InChI=1S/C13H15NO2S/c1-9-14-11(8-17-9)7-12(15)13(16)10-5-3-2-4-6-10/h2-6,8,12-13,15-16H,7H2,1H3. The van der Waals surface area contributed by atoms with E-state index in [4.69, 9.17) is 0 Å². The second kappa shape index (κ2) is 5.40. The number of nitrogens with zero attached hydrogens (tertiary/aromatic N) is 1. The third-order valence-corrected chi connectivity index (χ3v) is 3.41. The van der Waals surface area contributed by atoms with Gasteiger partial charge in [-0.25, -0.2) is 4.98 Å². The largest absolute Gasteiger partial charge is 0.390 e. The molecule has 2 N–H and O–H groups in total. The lowest BCUT2D eigenvalue weighted by Crippen LogP contribution is -2.20. The van der Waals surface area contributed by atoms with Gasteiger partial charge < -0.3 is 10.2 Å². The first kappa shape index (κ1) is 12.2. The molecule has 17 heavy (non-hydrogen) atoms. The van der Waals surface area contributed by atoms with E-state index in [9.17, 15) is 10.2 Å². The quantitative estimate of drug-likeness (QED) is 0.872. The molecule has 2 unspecified atom stereocenters. The Hall–Kier alpha value is -1.23. The van der Waals surface area contributed by atoms with Gasteiger partial charge in [0.05, 0.1) is 16.8 Å². The van der Waals surface area contributed by atoms with Crippen molar-refractivity contribution < 1.29 is 10.2 Å². The van der Waals surface area contributed by atoms with Crippen LogP contribution in [-0.4, -0.2) is 21.3 Å². The van der Waals surface area contributed by atoms with Gasteiger partial charge in [-0.2, -0.15) is 0 Å². The smallest absolute Gasteiger partial charge is 0.105 e. The summed E-state index contributed by atoms with van der Waals surface area (Å²) in [5.74, 6) is 0. The predicted octanol–water partition coefficient (Wildman–Crippen LogP) is 2.09. The summed E-state index contributed by atoms with van der Waals surface area (Å²) in [4.78, 5) is 4.27. The van der Waals surface area contributed by atoms with Gasteiger partial charge in [-0.3, -0.25) is 0 Å². The van der Waals surface area contributed by atoms with Gasteiger partial charge in [-0.15, -0.1) is 11.3 Å². The molecule has 0 aliphatic heterocycles. The van der Waals surface area contributed by atoms with Crippen LogP contribution >= 0.6 is 11.3 Å². The molecule has 1 aromatic carbocycles. The molecule has 0 aliphatic rings. The number of thiazole rings is 1. The van der Waals surface area contributed by atoms with E-state index in [1.54, 1.807) is 23.5 Å². The molecule has 0 fully saturated rings. The molecular weight excluding hydrogens is 234 g/mol. The van der Waals surface area contributed by atoms with Gasteiger partial charge in [-0.1, -0.05) is 30.3 Å². The number of aromatic nitrogens is 1. The summed E-state index contributed by atoms with van der Waals surface area (Å²) in [6.07, 6.45) is -1.31. The average molecular weight is 249 g/mol. The number of benzene rings is 1. The van der Waals surface area contributed by atoms with E-state index in [0.29, 0.717) is 6.42 Å². The Morgan fingerprint density at radius 1 is 1.24 bits per heavy atom.